The van der Waals surface area contributed by atoms with Crippen molar-refractivity contribution in [1.29, 1.82) is 0 Å². The molecule has 5 rings (SSSR count). The topological polar surface area (TPSA) is 18.5 Å². The first-order valence-electron chi connectivity index (χ1n) is 12.1. The molecule has 0 bridgehead atoms. The summed E-state index contributed by atoms with van der Waals surface area (Å²) in [6.45, 7) is 5.34. The van der Waals surface area contributed by atoms with E-state index in [4.69, 9.17) is 9.47 Å². The molecule has 0 atom stereocenters. The van der Waals surface area contributed by atoms with Gasteiger partial charge in [-0.2, -0.15) is 0 Å². The maximum atomic E-state index is 13.9. The van der Waals surface area contributed by atoms with Crippen LogP contribution in [0, 0.1) is 5.82 Å². The molecule has 0 fully saturated rings. The molecule has 0 unspecified atom stereocenters. The number of hydrogen-bond donors (Lipinski definition) is 0. The Morgan fingerprint density at radius 1 is 0.730 bits per heavy atom. The van der Waals surface area contributed by atoms with Gasteiger partial charge < -0.3 is 9.47 Å². The Kier molecular flexibility index (Phi) is 9.94. The third-order valence-electron chi connectivity index (χ3n) is 5.41. The SMILES string of the molecule is CCOc1cccc(-c2ccc(Cc3cc(Br)ccc3F)s2)c1.CCOc1cccc(-c2cccs2)c1. The zero-order valence-corrected chi connectivity index (χ0v) is 24.0. The Hall–Kier alpha value is -2.93. The lowest BCUT2D eigenvalue weighted by molar-refractivity contribution is 0.340. The molecule has 0 aliphatic heterocycles. The van der Waals surface area contributed by atoms with Crippen LogP contribution < -0.4 is 9.47 Å². The van der Waals surface area contributed by atoms with Gasteiger partial charge in [0.15, 0.2) is 0 Å². The Morgan fingerprint density at radius 2 is 1.41 bits per heavy atom. The lowest BCUT2D eigenvalue weighted by atomic mass is 10.1. The first-order chi connectivity index (χ1) is 18.1. The fraction of sp³-hybridized carbons (Fsp3) is 0.161. The smallest absolute Gasteiger partial charge is 0.126 e. The molecule has 0 amide bonds. The van der Waals surface area contributed by atoms with Crippen molar-refractivity contribution >= 4 is 38.6 Å². The summed E-state index contributed by atoms with van der Waals surface area (Å²) in [5, 5.41) is 2.09. The summed E-state index contributed by atoms with van der Waals surface area (Å²) in [6.07, 6.45) is 0.598. The van der Waals surface area contributed by atoms with Crippen molar-refractivity contribution in [3.05, 3.63) is 117 Å². The predicted molar refractivity (Wildman–Crippen MR) is 159 cm³/mol. The average molecular weight is 596 g/mol. The summed E-state index contributed by atoms with van der Waals surface area (Å²) in [4.78, 5) is 3.59. The zero-order valence-electron chi connectivity index (χ0n) is 20.7. The fourth-order valence-electron chi connectivity index (χ4n) is 3.75. The predicted octanol–water partition coefficient (Wildman–Crippen LogP) is 10.1. The highest BCUT2D eigenvalue weighted by Crippen LogP contribution is 2.32. The zero-order chi connectivity index (χ0) is 26.0. The first kappa shape index (κ1) is 27.1. The highest BCUT2D eigenvalue weighted by molar-refractivity contribution is 9.10. The van der Waals surface area contributed by atoms with Crippen LogP contribution in [0.15, 0.2) is 101 Å². The second-order valence-corrected chi connectivity index (χ2v) is 11.1. The van der Waals surface area contributed by atoms with E-state index in [2.05, 4.69) is 63.8 Å². The molecular formula is C31H28BrFO2S2. The van der Waals surface area contributed by atoms with E-state index in [0.29, 0.717) is 25.2 Å². The second-order valence-electron chi connectivity index (χ2n) is 8.08. The molecule has 0 saturated carbocycles. The molecule has 2 aromatic heterocycles. The molecule has 190 valence electrons. The quantitative estimate of drug-likeness (QED) is 0.178. The Balaban J connectivity index is 0.000000195. The number of hydrogen-bond acceptors (Lipinski definition) is 4. The van der Waals surface area contributed by atoms with Crippen LogP contribution in [0.3, 0.4) is 0 Å². The third-order valence-corrected chi connectivity index (χ3v) is 7.96. The highest BCUT2D eigenvalue weighted by atomic mass is 79.9. The lowest BCUT2D eigenvalue weighted by Crippen LogP contribution is -1.90. The highest BCUT2D eigenvalue weighted by Gasteiger charge is 2.08. The summed E-state index contributed by atoms with van der Waals surface area (Å²) in [5.41, 5.74) is 3.06. The van der Waals surface area contributed by atoms with Crippen molar-refractivity contribution in [2.45, 2.75) is 20.3 Å². The van der Waals surface area contributed by atoms with Gasteiger partial charge in [0.2, 0.25) is 0 Å². The number of thiophene rings is 2. The fourth-order valence-corrected chi connectivity index (χ4v) is 5.91. The average Bonchev–Trinajstić information content (AvgIpc) is 3.61. The van der Waals surface area contributed by atoms with E-state index in [1.807, 2.05) is 50.2 Å². The van der Waals surface area contributed by atoms with E-state index in [0.717, 1.165) is 31.3 Å². The molecule has 0 aliphatic carbocycles. The molecule has 0 aliphatic rings. The van der Waals surface area contributed by atoms with Crippen LogP contribution in [-0.2, 0) is 6.42 Å². The summed E-state index contributed by atoms with van der Waals surface area (Å²) < 4.78 is 25.8. The summed E-state index contributed by atoms with van der Waals surface area (Å²) in [6, 6.07) is 29.6. The van der Waals surface area contributed by atoms with Gasteiger partial charge in [0.1, 0.15) is 17.3 Å². The van der Waals surface area contributed by atoms with Crippen molar-refractivity contribution < 1.29 is 13.9 Å². The number of halogens is 2. The summed E-state index contributed by atoms with van der Waals surface area (Å²) >= 11 is 6.83. The van der Waals surface area contributed by atoms with Gasteiger partial charge >= 0.3 is 0 Å². The van der Waals surface area contributed by atoms with Crippen LogP contribution in [0.1, 0.15) is 24.3 Å². The van der Waals surface area contributed by atoms with E-state index < -0.39 is 0 Å². The van der Waals surface area contributed by atoms with Crippen LogP contribution >= 0.6 is 38.6 Å². The first-order valence-corrected chi connectivity index (χ1v) is 14.6. The molecule has 6 heteroatoms. The van der Waals surface area contributed by atoms with Crippen LogP contribution in [0.4, 0.5) is 4.39 Å². The van der Waals surface area contributed by atoms with E-state index in [9.17, 15) is 4.39 Å². The molecule has 2 heterocycles. The Bertz CT molecular complexity index is 1410. The van der Waals surface area contributed by atoms with Crippen LogP contribution in [0.5, 0.6) is 11.5 Å². The van der Waals surface area contributed by atoms with Gasteiger partial charge in [-0.25, -0.2) is 4.39 Å². The van der Waals surface area contributed by atoms with E-state index in [1.165, 1.54) is 16.5 Å². The maximum absolute atomic E-state index is 13.9. The minimum atomic E-state index is -0.165. The molecular weight excluding hydrogens is 567 g/mol. The van der Waals surface area contributed by atoms with Crippen molar-refractivity contribution in [3.63, 3.8) is 0 Å². The van der Waals surface area contributed by atoms with Crippen LogP contribution in [-0.4, -0.2) is 13.2 Å². The van der Waals surface area contributed by atoms with E-state index >= 15 is 0 Å². The standard InChI is InChI=1S/C19H16BrFOS.C12H12OS/c1-2-22-16-5-3-4-13(11-16)19-9-7-17(23-19)12-14-10-15(20)6-8-18(14)21;1-2-13-11-6-3-5-10(9-11)12-7-4-8-14-12/h3-11H,2,12H2,1H3;3-9H,2H2,1H3. The van der Waals surface area contributed by atoms with Gasteiger partial charge in [-0.1, -0.05) is 46.3 Å². The minimum absolute atomic E-state index is 0.165. The van der Waals surface area contributed by atoms with Crippen LogP contribution in [0.2, 0.25) is 0 Å². The van der Waals surface area contributed by atoms with Gasteiger partial charge in [0.05, 0.1) is 13.2 Å². The minimum Gasteiger partial charge on any atom is -0.494 e. The van der Waals surface area contributed by atoms with Crippen molar-refractivity contribution in [2.75, 3.05) is 13.2 Å². The van der Waals surface area contributed by atoms with E-state index in [1.54, 1.807) is 28.7 Å². The van der Waals surface area contributed by atoms with Gasteiger partial charge in [-0.3, -0.25) is 0 Å². The lowest BCUT2D eigenvalue weighted by Gasteiger charge is -2.04. The molecule has 37 heavy (non-hydrogen) atoms. The second kappa shape index (κ2) is 13.6. The normalized spacial score (nSPS) is 10.5. The Morgan fingerprint density at radius 3 is 2.03 bits per heavy atom. The van der Waals surface area contributed by atoms with Crippen LogP contribution in [0.25, 0.3) is 20.9 Å². The van der Waals surface area contributed by atoms with Gasteiger partial charge in [-0.15, -0.1) is 22.7 Å². The summed E-state index contributed by atoms with van der Waals surface area (Å²) in [7, 11) is 0. The van der Waals surface area contributed by atoms with Gasteiger partial charge in [-0.05, 0) is 96.6 Å². The van der Waals surface area contributed by atoms with Gasteiger partial charge in [0, 0.05) is 25.5 Å². The van der Waals surface area contributed by atoms with Crippen molar-refractivity contribution in [2.24, 2.45) is 0 Å². The molecule has 0 N–H and O–H groups in total. The molecule has 0 spiro atoms. The third kappa shape index (κ3) is 7.78. The van der Waals surface area contributed by atoms with Gasteiger partial charge in [0.25, 0.3) is 0 Å². The molecule has 2 nitrogen and oxygen atoms in total. The van der Waals surface area contributed by atoms with Crippen molar-refractivity contribution in [3.8, 4) is 32.4 Å². The number of rotatable bonds is 8. The maximum Gasteiger partial charge on any atom is 0.126 e. The molecule has 5 aromatic rings. The molecule has 3 aromatic carbocycles. The van der Waals surface area contributed by atoms with E-state index in [-0.39, 0.29) is 5.82 Å². The molecule has 0 radical (unpaired) electrons. The largest absolute Gasteiger partial charge is 0.494 e. The summed E-state index contributed by atoms with van der Waals surface area (Å²) in [5.74, 6) is 1.65. The van der Waals surface area contributed by atoms with Crippen molar-refractivity contribution in [1.82, 2.24) is 0 Å². The number of ether oxygens (including phenoxy) is 2. The number of benzene rings is 3. The Labute approximate surface area is 234 Å². The monoisotopic (exact) mass is 594 g/mol. The molecule has 0 saturated heterocycles.